The Morgan fingerprint density at radius 2 is 2.20 bits per heavy atom. The molecule has 1 aromatic heterocycles. The summed E-state index contributed by atoms with van der Waals surface area (Å²) in [6.07, 6.45) is 1.84. The number of piperidine rings is 1. The largest absolute Gasteiger partial charge is 0.340 e. The molecule has 2 aromatic rings. The van der Waals surface area contributed by atoms with Crippen molar-refractivity contribution in [1.82, 2.24) is 19.9 Å². The van der Waals surface area contributed by atoms with Crippen LogP contribution in [-0.4, -0.2) is 51.4 Å². The van der Waals surface area contributed by atoms with E-state index in [1.807, 2.05) is 29.2 Å². The number of hydrogen-bond acceptors (Lipinski definition) is 5. The van der Waals surface area contributed by atoms with Crippen molar-refractivity contribution in [2.45, 2.75) is 32.2 Å². The summed E-state index contributed by atoms with van der Waals surface area (Å²) in [5.74, 6) is 1.22. The van der Waals surface area contributed by atoms with Crippen LogP contribution in [0.1, 0.15) is 46.4 Å². The van der Waals surface area contributed by atoms with Gasteiger partial charge in [0.2, 0.25) is 11.8 Å². The lowest BCUT2D eigenvalue weighted by molar-refractivity contribution is -0.133. The second-order valence-corrected chi connectivity index (χ2v) is 6.67. The fourth-order valence-corrected chi connectivity index (χ4v) is 3.60. The van der Waals surface area contributed by atoms with E-state index in [0.717, 1.165) is 18.4 Å². The van der Waals surface area contributed by atoms with E-state index in [1.165, 1.54) is 0 Å². The predicted octanol–water partition coefficient (Wildman–Crippen LogP) is 1.74. The second-order valence-electron chi connectivity index (χ2n) is 6.67. The Morgan fingerprint density at radius 1 is 1.36 bits per heavy atom. The van der Waals surface area contributed by atoms with Crippen LogP contribution in [0.3, 0.4) is 0 Å². The van der Waals surface area contributed by atoms with Gasteiger partial charge in [-0.25, -0.2) is 0 Å². The van der Waals surface area contributed by atoms with Crippen molar-refractivity contribution in [2.24, 2.45) is 0 Å². The van der Waals surface area contributed by atoms with Crippen molar-refractivity contribution >= 4 is 11.8 Å². The Balaban J connectivity index is 1.41. The lowest BCUT2D eigenvalue weighted by atomic mass is 9.97. The van der Waals surface area contributed by atoms with Gasteiger partial charge in [0.25, 0.3) is 5.91 Å². The standard InChI is InChI=1S/C18H20N4O3/c1-12-19-17(20-25-12)14-6-4-8-21(10-14)16(23)11-22-9-13-5-2-3-7-15(13)18(22)24/h2-3,5,7,14H,4,6,8-11H2,1H3/t14-/m0/s1. The third kappa shape index (κ3) is 3.01. The number of amides is 2. The van der Waals surface area contributed by atoms with Crippen molar-refractivity contribution in [1.29, 1.82) is 0 Å². The van der Waals surface area contributed by atoms with Gasteiger partial charge in [0.05, 0.1) is 0 Å². The molecule has 2 aliphatic heterocycles. The third-order valence-electron chi connectivity index (χ3n) is 4.90. The van der Waals surface area contributed by atoms with Gasteiger partial charge in [-0.3, -0.25) is 9.59 Å². The molecule has 0 N–H and O–H groups in total. The third-order valence-corrected chi connectivity index (χ3v) is 4.90. The van der Waals surface area contributed by atoms with Gasteiger partial charge in [-0.2, -0.15) is 4.98 Å². The summed E-state index contributed by atoms with van der Waals surface area (Å²) in [5, 5.41) is 3.99. The summed E-state index contributed by atoms with van der Waals surface area (Å²) < 4.78 is 5.05. The summed E-state index contributed by atoms with van der Waals surface area (Å²) in [6.45, 7) is 3.67. The van der Waals surface area contributed by atoms with E-state index in [4.69, 9.17) is 4.52 Å². The molecule has 7 nitrogen and oxygen atoms in total. The number of benzene rings is 1. The number of aryl methyl sites for hydroxylation is 1. The van der Waals surface area contributed by atoms with E-state index < -0.39 is 0 Å². The minimum absolute atomic E-state index is 0.0222. The van der Waals surface area contributed by atoms with E-state index in [-0.39, 0.29) is 24.3 Å². The normalized spacial score (nSPS) is 20.0. The van der Waals surface area contributed by atoms with Crippen molar-refractivity contribution in [2.75, 3.05) is 19.6 Å². The summed E-state index contributed by atoms with van der Waals surface area (Å²) in [6, 6.07) is 7.52. The molecule has 2 amide bonds. The van der Waals surface area contributed by atoms with E-state index in [0.29, 0.717) is 36.9 Å². The molecule has 0 radical (unpaired) electrons. The minimum Gasteiger partial charge on any atom is -0.340 e. The highest BCUT2D eigenvalue weighted by Gasteiger charge is 2.32. The van der Waals surface area contributed by atoms with Gasteiger partial charge in [-0.05, 0) is 24.5 Å². The van der Waals surface area contributed by atoms with Crippen LogP contribution < -0.4 is 0 Å². The summed E-state index contributed by atoms with van der Waals surface area (Å²) in [4.78, 5) is 32.9. The number of aromatic nitrogens is 2. The number of carbonyl (C=O) groups is 2. The molecular formula is C18H20N4O3. The highest BCUT2D eigenvalue weighted by Crippen LogP contribution is 2.26. The van der Waals surface area contributed by atoms with Crippen LogP contribution in [0.15, 0.2) is 28.8 Å². The Morgan fingerprint density at radius 3 is 2.96 bits per heavy atom. The number of carbonyl (C=O) groups excluding carboxylic acids is 2. The minimum atomic E-state index is -0.0636. The second kappa shape index (κ2) is 6.31. The Labute approximate surface area is 145 Å². The first kappa shape index (κ1) is 15.8. The molecule has 0 saturated carbocycles. The van der Waals surface area contributed by atoms with Gasteiger partial charge in [-0.1, -0.05) is 23.4 Å². The van der Waals surface area contributed by atoms with Gasteiger partial charge in [0.1, 0.15) is 6.54 Å². The van der Waals surface area contributed by atoms with Crippen LogP contribution in [0.5, 0.6) is 0 Å². The molecule has 130 valence electrons. The summed E-state index contributed by atoms with van der Waals surface area (Å²) >= 11 is 0. The Kier molecular flexibility index (Phi) is 3.99. The number of nitrogens with zero attached hydrogens (tertiary/aromatic N) is 4. The zero-order valence-electron chi connectivity index (χ0n) is 14.1. The number of rotatable bonds is 3. The molecule has 3 heterocycles. The average molecular weight is 340 g/mol. The van der Waals surface area contributed by atoms with E-state index in [1.54, 1.807) is 11.8 Å². The van der Waals surface area contributed by atoms with Gasteiger partial charge < -0.3 is 14.3 Å². The first-order valence-electron chi connectivity index (χ1n) is 8.57. The summed E-state index contributed by atoms with van der Waals surface area (Å²) in [7, 11) is 0. The van der Waals surface area contributed by atoms with Gasteiger partial charge in [0, 0.05) is 38.0 Å². The predicted molar refractivity (Wildman–Crippen MR) is 88.8 cm³/mol. The lowest BCUT2D eigenvalue weighted by Crippen LogP contribution is -2.44. The maximum absolute atomic E-state index is 12.7. The fourth-order valence-electron chi connectivity index (χ4n) is 3.60. The molecular weight excluding hydrogens is 320 g/mol. The van der Waals surface area contributed by atoms with E-state index in [2.05, 4.69) is 10.1 Å². The molecule has 25 heavy (non-hydrogen) atoms. The molecule has 4 rings (SSSR count). The molecule has 0 bridgehead atoms. The zero-order chi connectivity index (χ0) is 17.4. The van der Waals surface area contributed by atoms with Crippen molar-refractivity contribution in [3.05, 3.63) is 47.1 Å². The van der Waals surface area contributed by atoms with Crippen LogP contribution >= 0.6 is 0 Å². The number of likely N-dealkylation sites (tertiary alicyclic amines) is 1. The maximum Gasteiger partial charge on any atom is 0.254 e. The van der Waals surface area contributed by atoms with Crippen molar-refractivity contribution in [3.63, 3.8) is 0 Å². The van der Waals surface area contributed by atoms with Crippen LogP contribution in [0.2, 0.25) is 0 Å². The number of hydrogen-bond donors (Lipinski definition) is 0. The maximum atomic E-state index is 12.7. The fraction of sp³-hybridized carbons (Fsp3) is 0.444. The molecule has 0 unspecified atom stereocenters. The Bertz CT molecular complexity index is 816. The van der Waals surface area contributed by atoms with Gasteiger partial charge in [-0.15, -0.1) is 0 Å². The highest BCUT2D eigenvalue weighted by molar-refractivity contribution is 6.00. The van der Waals surface area contributed by atoms with Crippen LogP contribution in [-0.2, 0) is 11.3 Å². The molecule has 2 aliphatic rings. The summed E-state index contributed by atoms with van der Waals surface area (Å²) in [5.41, 5.74) is 1.69. The first-order chi connectivity index (χ1) is 12.1. The highest BCUT2D eigenvalue weighted by atomic mass is 16.5. The van der Waals surface area contributed by atoms with E-state index >= 15 is 0 Å². The quantitative estimate of drug-likeness (QED) is 0.850. The average Bonchev–Trinajstić information content (AvgIpc) is 3.20. The molecule has 0 spiro atoms. The molecule has 1 aromatic carbocycles. The molecule has 1 fully saturated rings. The van der Waals surface area contributed by atoms with Crippen molar-refractivity contribution < 1.29 is 14.1 Å². The van der Waals surface area contributed by atoms with Crippen LogP contribution in [0.4, 0.5) is 0 Å². The molecule has 7 heteroatoms. The molecule has 0 aliphatic carbocycles. The zero-order valence-corrected chi connectivity index (χ0v) is 14.1. The van der Waals surface area contributed by atoms with Crippen molar-refractivity contribution in [3.8, 4) is 0 Å². The van der Waals surface area contributed by atoms with Gasteiger partial charge in [0.15, 0.2) is 5.82 Å². The lowest BCUT2D eigenvalue weighted by Gasteiger charge is -2.32. The smallest absolute Gasteiger partial charge is 0.254 e. The Hall–Kier alpha value is -2.70. The monoisotopic (exact) mass is 340 g/mol. The SMILES string of the molecule is Cc1nc([C@H]2CCCN(C(=O)CN3Cc4ccccc4C3=O)C2)no1. The molecule has 1 atom stereocenters. The topological polar surface area (TPSA) is 79.5 Å². The van der Waals surface area contributed by atoms with Gasteiger partial charge >= 0.3 is 0 Å². The van der Waals surface area contributed by atoms with Crippen LogP contribution in [0.25, 0.3) is 0 Å². The van der Waals surface area contributed by atoms with E-state index in [9.17, 15) is 9.59 Å². The molecule has 1 saturated heterocycles. The van der Waals surface area contributed by atoms with Crippen LogP contribution in [0, 0.1) is 6.92 Å². The number of fused-ring (bicyclic) bond motifs is 1. The first-order valence-corrected chi connectivity index (χ1v) is 8.57.